The number of amides is 2. The van der Waals surface area contributed by atoms with Crippen molar-refractivity contribution in [3.05, 3.63) is 98.5 Å². The fourth-order valence-electron chi connectivity index (χ4n) is 2.55. The van der Waals surface area contributed by atoms with E-state index in [1.807, 2.05) is 30.3 Å². The van der Waals surface area contributed by atoms with Gasteiger partial charge in [-0.1, -0.05) is 65.1 Å². The normalized spacial score (nSPS) is 10.4. The Hall–Kier alpha value is -2.53. The van der Waals surface area contributed by atoms with Gasteiger partial charge in [-0.3, -0.25) is 9.59 Å². The first-order valence-corrected chi connectivity index (χ1v) is 9.45. The van der Waals surface area contributed by atoms with E-state index >= 15 is 0 Å². The molecular formula is C21H15Cl3N2O2. The van der Waals surface area contributed by atoms with Crippen LogP contribution in [0.25, 0.3) is 0 Å². The lowest BCUT2D eigenvalue weighted by Crippen LogP contribution is -2.25. The molecule has 0 saturated heterocycles. The fraction of sp³-hybridized carbons (Fsp3) is 0.0476. The van der Waals surface area contributed by atoms with E-state index in [1.54, 1.807) is 18.2 Å². The summed E-state index contributed by atoms with van der Waals surface area (Å²) in [5, 5.41) is 6.55. The van der Waals surface area contributed by atoms with Crippen molar-refractivity contribution < 1.29 is 9.59 Å². The first-order chi connectivity index (χ1) is 13.4. The van der Waals surface area contributed by atoms with E-state index in [9.17, 15) is 9.59 Å². The minimum absolute atomic E-state index is 0.217. The van der Waals surface area contributed by atoms with E-state index in [-0.39, 0.29) is 22.1 Å². The van der Waals surface area contributed by atoms with Crippen molar-refractivity contribution in [1.82, 2.24) is 5.32 Å². The predicted molar refractivity (Wildman–Crippen MR) is 113 cm³/mol. The van der Waals surface area contributed by atoms with Crippen LogP contribution in [0.15, 0.2) is 66.7 Å². The van der Waals surface area contributed by atoms with Crippen molar-refractivity contribution in [3.8, 4) is 0 Å². The van der Waals surface area contributed by atoms with Crippen molar-refractivity contribution in [2.24, 2.45) is 0 Å². The van der Waals surface area contributed by atoms with Crippen molar-refractivity contribution in [3.63, 3.8) is 0 Å². The molecule has 0 unspecified atom stereocenters. The Morgan fingerprint density at radius 1 is 0.750 bits per heavy atom. The molecule has 142 valence electrons. The highest BCUT2D eigenvalue weighted by Crippen LogP contribution is 2.25. The molecule has 0 saturated carbocycles. The van der Waals surface area contributed by atoms with Crippen molar-refractivity contribution in [1.29, 1.82) is 0 Å². The Morgan fingerprint density at radius 2 is 1.43 bits per heavy atom. The van der Waals surface area contributed by atoms with Crippen molar-refractivity contribution in [2.75, 3.05) is 5.32 Å². The second-order valence-corrected chi connectivity index (χ2v) is 7.22. The molecule has 0 atom stereocenters. The number of carbonyl (C=O) groups is 2. The zero-order chi connectivity index (χ0) is 20.1. The minimum atomic E-state index is -0.457. The summed E-state index contributed by atoms with van der Waals surface area (Å²) in [5.74, 6) is -0.815. The average Bonchev–Trinajstić information content (AvgIpc) is 2.68. The second kappa shape index (κ2) is 9.11. The highest BCUT2D eigenvalue weighted by molar-refractivity contribution is 6.37. The van der Waals surface area contributed by atoms with Gasteiger partial charge in [0, 0.05) is 16.6 Å². The molecule has 0 radical (unpaired) electrons. The summed E-state index contributed by atoms with van der Waals surface area (Å²) in [6.07, 6.45) is 0. The van der Waals surface area contributed by atoms with Crippen LogP contribution in [0.1, 0.15) is 26.3 Å². The van der Waals surface area contributed by atoms with Crippen LogP contribution in [-0.4, -0.2) is 11.8 Å². The maximum Gasteiger partial charge on any atom is 0.257 e. The summed E-state index contributed by atoms with van der Waals surface area (Å²) in [4.78, 5) is 25.2. The maximum absolute atomic E-state index is 12.7. The molecule has 0 spiro atoms. The molecule has 0 aliphatic heterocycles. The van der Waals surface area contributed by atoms with E-state index in [0.29, 0.717) is 22.3 Å². The summed E-state index contributed by atoms with van der Waals surface area (Å²) < 4.78 is 0. The van der Waals surface area contributed by atoms with Gasteiger partial charge in [0.05, 0.1) is 21.8 Å². The zero-order valence-electron chi connectivity index (χ0n) is 14.5. The van der Waals surface area contributed by atoms with Gasteiger partial charge in [-0.2, -0.15) is 0 Å². The van der Waals surface area contributed by atoms with Crippen LogP contribution >= 0.6 is 34.8 Å². The predicted octanol–water partition coefficient (Wildman–Crippen LogP) is 5.83. The average molecular weight is 434 g/mol. The zero-order valence-corrected chi connectivity index (χ0v) is 16.8. The highest BCUT2D eigenvalue weighted by Gasteiger charge is 2.17. The third-order valence-corrected chi connectivity index (χ3v) is 4.73. The van der Waals surface area contributed by atoms with Crippen LogP contribution in [0.3, 0.4) is 0 Å². The van der Waals surface area contributed by atoms with Gasteiger partial charge in [0.25, 0.3) is 11.8 Å². The smallest absolute Gasteiger partial charge is 0.257 e. The standard InChI is InChI=1S/C21H15Cl3N2O2/c22-14-7-9-19(26-21(28)16-8-6-15(23)11-18(16)24)17(10-14)20(27)25-12-13-4-2-1-3-5-13/h1-11H,12H2,(H,25,27)(H,26,28). The van der Waals surface area contributed by atoms with Gasteiger partial charge < -0.3 is 10.6 Å². The molecule has 7 heteroatoms. The maximum atomic E-state index is 12.7. The lowest BCUT2D eigenvalue weighted by molar-refractivity contribution is 0.0952. The third-order valence-electron chi connectivity index (χ3n) is 3.95. The molecule has 0 aromatic heterocycles. The lowest BCUT2D eigenvalue weighted by atomic mass is 10.1. The second-order valence-electron chi connectivity index (χ2n) is 5.94. The summed E-state index contributed by atoms with van der Waals surface area (Å²) >= 11 is 18.0. The molecule has 3 aromatic carbocycles. The van der Waals surface area contributed by atoms with Gasteiger partial charge in [0.2, 0.25) is 0 Å². The molecule has 0 aliphatic carbocycles. The quantitative estimate of drug-likeness (QED) is 0.532. The molecule has 3 rings (SSSR count). The summed E-state index contributed by atoms with van der Waals surface area (Å²) in [6, 6.07) is 18.7. The number of hydrogen-bond acceptors (Lipinski definition) is 2. The Morgan fingerprint density at radius 3 is 2.14 bits per heavy atom. The van der Waals surface area contributed by atoms with Crippen LogP contribution in [0.2, 0.25) is 15.1 Å². The number of halogens is 3. The molecule has 2 N–H and O–H groups in total. The molecular weight excluding hydrogens is 419 g/mol. The number of anilines is 1. The van der Waals surface area contributed by atoms with Crippen LogP contribution in [-0.2, 0) is 6.54 Å². The van der Waals surface area contributed by atoms with Gasteiger partial charge in [-0.05, 0) is 42.0 Å². The number of rotatable bonds is 5. The van der Waals surface area contributed by atoms with Gasteiger partial charge in [0.15, 0.2) is 0 Å². The molecule has 3 aromatic rings. The molecule has 2 amide bonds. The van der Waals surface area contributed by atoms with Gasteiger partial charge in [0.1, 0.15) is 0 Å². The monoisotopic (exact) mass is 432 g/mol. The number of benzene rings is 3. The SMILES string of the molecule is O=C(Nc1ccc(Cl)cc1C(=O)NCc1ccccc1)c1ccc(Cl)cc1Cl. The van der Waals surface area contributed by atoms with Crippen molar-refractivity contribution in [2.45, 2.75) is 6.54 Å². The molecule has 0 heterocycles. The first kappa shape index (κ1) is 20.2. The number of nitrogens with one attached hydrogen (secondary N) is 2. The molecule has 0 aliphatic rings. The van der Waals surface area contributed by atoms with Crippen LogP contribution < -0.4 is 10.6 Å². The van der Waals surface area contributed by atoms with Crippen LogP contribution in [0.4, 0.5) is 5.69 Å². The molecule has 4 nitrogen and oxygen atoms in total. The largest absolute Gasteiger partial charge is 0.348 e. The Balaban J connectivity index is 1.80. The lowest BCUT2D eigenvalue weighted by Gasteiger charge is -2.13. The van der Waals surface area contributed by atoms with Crippen LogP contribution in [0.5, 0.6) is 0 Å². The Bertz CT molecular complexity index is 1020. The Labute approximate surface area is 177 Å². The van der Waals surface area contributed by atoms with E-state index in [1.165, 1.54) is 18.2 Å². The minimum Gasteiger partial charge on any atom is -0.348 e. The fourth-order valence-corrected chi connectivity index (χ4v) is 3.22. The number of carbonyl (C=O) groups excluding carboxylic acids is 2. The molecule has 0 fully saturated rings. The summed E-state index contributed by atoms with van der Waals surface area (Å²) in [5.41, 5.74) is 1.78. The summed E-state index contributed by atoms with van der Waals surface area (Å²) in [6.45, 7) is 0.350. The molecule has 0 bridgehead atoms. The van der Waals surface area contributed by atoms with Crippen molar-refractivity contribution >= 4 is 52.3 Å². The topological polar surface area (TPSA) is 58.2 Å². The van der Waals surface area contributed by atoms with Gasteiger partial charge in [-0.25, -0.2) is 0 Å². The highest BCUT2D eigenvalue weighted by atomic mass is 35.5. The van der Waals surface area contributed by atoms with E-state index in [4.69, 9.17) is 34.8 Å². The molecule has 28 heavy (non-hydrogen) atoms. The van der Waals surface area contributed by atoms with E-state index in [2.05, 4.69) is 10.6 Å². The van der Waals surface area contributed by atoms with Crippen LogP contribution in [0, 0.1) is 0 Å². The van der Waals surface area contributed by atoms with E-state index < -0.39 is 5.91 Å². The first-order valence-electron chi connectivity index (χ1n) is 8.32. The van der Waals surface area contributed by atoms with Gasteiger partial charge >= 0.3 is 0 Å². The number of hydrogen-bond donors (Lipinski definition) is 2. The third kappa shape index (κ3) is 5.04. The summed E-state index contributed by atoms with van der Waals surface area (Å²) in [7, 11) is 0. The van der Waals surface area contributed by atoms with Gasteiger partial charge in [-0.15, -0.1) is 0 Å². The Kier molecular flexibility index (Phi) is 6.57. The van der Waals surface area contributed by atoms with E-state index in [0.717, 1.165) is 5.56 Å².